The van der Waals surface area contributed by atoms with Crippen LogP contribution in [-0.2, 0) is 24.3 Å². The Hall–Kier alpha value is -0.660. The molecule has 6 nitrogen and oxygen atoms in total. The Morgan fingerprint density at radius 2 is 2.05 bits per heavy atom. The quantitative estimate of drug-likeness (QED) is 0.709. The largest absolute Gasteiger partial charge is 0.469 e. The zero-order valence-corrected chi connectivity index (χ0v) is 13.5. The molecular weight excluding hydrogens is 282 g/mol. The fourth-order valence-electron chi connectivity index (χ4n) is 2.03. The molecule has 0 aromatic rings. The number of sulfonamides is 1. The molecule has 0 radical (unpaired) electrons. The van der Waals surface area contributed by atoms with Crippen molar-refractivity contribution in [2.75, 3.05) is 32.6 Å². The van der Waals surface area contributed by atoms with Gasteiger partial charge in [0.1, 0.15) is 0 Å². The number of hydrogen-bond donors (Lipinski definition) is 0. The number of esters is 1. The Morgan fingerprint density at radius 1 is 1.40 bits per heavy atom. The third-order valence-electron chi connectivity index (χ3n) is 3.40. The Labute approximate surface area is 121 Å². The fraction of sp³-hybridized carbons (Fsp3) is 0.923. The van der Waals surface area contributed by atoms with Gasteiger partial charge in [0.2, 0.25) is 10.0 Å². The second kappa shape index (κ2) is 6.87. The fourth-order valence-corrected chi connectivity index (χ4v) is 3.51. The van der Waals surface area contributed by atoms with E-state index >= 15 is 0 Å². The molecule has 0 amide bonds. The van der Waals surface area contributed by atoms with Crippen molar-refractivity contribution in [3.05, 3.63) is 0 Å². The third-order valence-corrected chi connectivity index (χ3v) is 5.32. The molecule has 1 aliphatic heterocycles. The summed E-state index contributed by atoms with van der Waals surface area (Å²) < 4.78 is 36.1. The van der Waals surface area contributed by atoms with Crippen molar-refractivity contribution < 1.29 is 22.7 Å². The van der Waals surface area contributed by atoms with Gasteiger partial charge < -0.3 is 9.47 Å². The molecule has 7 heteroatoms. The van der Waals surface area contributed by atoms with Crippen LogP contribution < -0.4 is 0 Å². The molecule has 0 bridgehead atoms. The Kier molecular flexibility index (Phi) is 5.97. The van der Waals surface area contributed by atoms with E-state index in [1.165, 1.54) is 11.4 Å². The summed E-state index contributed by atoms with van der Waals surface area (Å²) >= 11 is 0. The topological polar surface area (TPSA) is 72.9 Å². The first kappa shape index (κ1) is 17.4. The van der Waals surface area contributed by atoms with Crippen molar-refractivity contribution in [1.29, 1.82) is 0 Å². The van der Waals surface area contributed by atoms with Gasteiger partial charge in [0.15, 0.2) is 0 Å². The molecule has 1 heterocycles. The Morgan fingerprint density at radius 3 is 2.60 bits per heavy atom. The average Bonchev–Trinajstić information content (AvgIpc) is 2.37. The van der Waals surface area contributed by atoms with Crippen molar-refractivity contribution in [3.8, 4) is 0 Å². The lowest BCUT2D eigenvalue weighted by molar-refractivity contribution is -0.140. The Balaban J connectivity index is 2.56. The van der Waals surface area contributed by atoms with Crippen LogP contribution in [0.3, 0.4) is 0 Å². The summed E-state index contributed by atoms with van der Waals surface area (Å²) in [4.78, 5) is 11.0. The first-order valence-electron chi connectivity index (χ1n) is 6.83. The molecular formula is C13H25NO5S. The van der Waals surface area contributed by atoms with Crippen molar-refractivity contribution >= 4 is 16.0 Å². The van der Waals surface area contributed by atoms with Crippen molar-refractivity contribution in [2.45, 2.75) is 39.7 Å². The number of carbonyl (C=O) groups excluding carboxylic acids is 1. The zero-order valence-electron chi connectivity index (χ0n) is 12.7. The molecule has 0 saturated carbocycles. The predicted octanol–water partition coefficient (Wildman–Crippen LogP) is 1.02. The highest BCUT2D eigenvalue weighted by molar-refractivity contribution is 7.89. The highest BCUT2D eigenvalue weighted by Gasteiger charge is 2.35. The second-order valence-electron chi connectivity index (χ2n) is 6.08. The minimum Gasteiger partial charge on any atom is -0.469 e. The van der Waals surface area contributed by atoms with Gasteiger partial charge in [0.05, 0.1) is 25.6 Å². The molecule has 0 spiro atoms. The number of morpholine rings is 1. The normalized spacial score (nSPS) is 21.7. The van der Waals surface area contributed by atoms with Gasteiger partial charge in [-0.1, -0.05) is 20.8 Å². The van der Waals surface area contributed by atoms with E-state index in [1.807, 2.05) is 20.8 Å². The van der Waals surface area contributed by atoms with Gasteiger partial charge in [-0.2, -0.15) is 4.31 Å². The Bertz CT molecular complexity index is 427. The highest BCUT2D eigenvalue weighted by Crippen LogP contribution is 2.26. The number of ether oxygens (including phenoxy) is 2. The summed E-state index contributed by atoms with van der Waals surface area (Å²) in [5.74, 6) is -0.409. The lowest BCUT2D eigenvalue weighted by Crippen LogP contribution is -2.50. The van der Waals surface area contributed by atoms with Crippen LogP contribution >= 0.6 is 0 Å². The SMILES string of the molecule is COC(=O)CCCS(=O)(=O)N1CCOC(C(C)(C)C)C1. The molecule has 1 fully saturated rings. The molecule has 1 atom stereocenters. The van der Waals surface area contributed by atoms with E-state index in [1.54, 1.807) is 0 Å². The molecule has 20 heavy (non-hydrogen) atoms. The highest BCUT2D eigenvalue weighted by atomic mass is 32.2. The van der Waals surface area contributed by atoms with Crippen LogP contribution in [0.5, 0.6) is 0 Å². The van der Waals surface area contributed by atoms with Gasteiger partial charge in [-0.05, 0) is 11.8 Å². The van der Waals surface area contributed by atoms with Crippen LogP contribution in [0.25, 0.3) is 0 Å². The summed E-state index contributed by atoms with van der Waals surface area (Å²) in [7, 11) is -2.04. The second-order valence-corrected chi connectivity index (χ2v) is 8.17. The molecule has 0 aliphatic carbocycles. The maximum atomic E-state index is 12.2. The lowest BCUT2D eigenvalue weighted by Gasteiger charge is -2.38. The van der Waals surface area contributed by atoms with Crippen molar-refractivity contribution in [3.63, 3.8) is 0 Å². The summed E-state index contributed by atoms with van der Waals surface area (Å²) in [5, 5.41) is 0. The summed E-state index contributed by atoms with van der Waals surface area (Å²) in [6, 6.07) is 0. The predicted molar refractivity (Wildman–Crippen MR) is 75.8 cm³/mol. The molecule has 1 aliphatic rings. The van der Waals surface area contributed by atoms with Crippen LogP contribution in [0, 0.1) is 5.41 Å². The number of methoxy groups -OCH3 is 1. The number of rotatable bonds is 5. The zero-order chi connectivity index (χ0) is 15.4. The van der Waals surface area contributed by atoms with E-state index in [0.29, 0.717) is 19.7 Å². The van der Waals surface area contributed by atoms with E-state index in [0.717, 1.165) is 0 Å². The molecule has 0 N–H and O–H groups in total. The maximum Gasteiger partial charge on any atom is 0.305 e. The van der Waals surface area contributed by atoms with Gasteiger partial charge in [-0.15, -0.1) is 0 Å². The van der Waals surface area contributed by atoms with E-state index in [2.05, 4.69) is 4.74 Å². The van der Waals surface area contributed by atoms with Crippen LogP contribution in [0.15, 0.2) is 0 Å². The van der Waals surface area contributed by atoms with E-state index < -0.39 is 10.0 Å². The molecule has 1 saturated heterocycles. The molecule has 118 valence electrons. The van der Waals surface area contributed by atoms with Crippen molar-refractivity contribution in [2.24, 2.45) is 5.41 Å². The molecule has 0 aromatic carbocycles. The third kappa shape index (κ3) is 5.03. The van der Waals surface area contributed by atoms with Crippen LogP contribution in [0.2, 0.25) is 0 Å². The summed E-state index contributed by atoms with van der Waals surface area (Å²) in [6.45, 7) is 7.27. The standard InChI is InChI=1S/C13H25NO5S/c1-13(2,3)11-10-14(7-8-19-11)20(16,17)9-5-6-12(15)18-4/h11H,5-10H2,1-4H3. The van der Waals surface area contributed by atoms with E-state index in [-0.39, 0.29) is 36.1 Å². The van der Waals surface area contributed by atoms with Gasteiger partial charge >= 0.3 is 5.97 Å². The van der Waals surface area contributed by atoms with Crippen LogP contribution in [-0.4, -0.2) is 57.4 Å². The number of carbonyl (C=O) groups is 1. The minimum absolute atomic E-state index is 0.0288. The van der Waals surface area contributed by atoms with Gasteiger partial charge in [0, 0.05) is 19.5 Å². The number of hydrogen-bond acceptors (Lipinski definition) is 5. The summed E-state index contributed by atoms with van der Waals surface area (Å²) in [6.07, 6.45) is 0.307. The molecule has 0 aromatic heterocycles. The minimum atomic E-state index is -3.33. The first-order chi connectivity index (χ1) is 9.16. The van der Waals surface area contributed by atoms with Crippen molar-refractivity contribution in [1.82, 2.24) is 4.31 Å². The van der Waals surface area contributed by atoms with Gasteiger partial charge in [-0.3, -0.25) is 4.79 Å². The monoisotopic (exact) mass is 307 g/mol. The van der Waals surface area contributed by atoms with Gasteiger partial charge in [0.25, 0.3) is 0 Å². The van der Waals surface area contributed by atoms with Crippen LogP contribution in [0.4, 0.5) is 0 Å². The van der Waals surface area contributed by atoms with E-state index in [4.69, 9.17) is 4.74 Å². The average molecular weight is 307 g/mol. The molecule has 1 rings (SSSR count). The number of nitrogens with zero attached hydrogens (tertiary/aromatic N) is 1. The molecule has 1 unspecified atom stereocenters. The maximum absolute atomic E-state index is 12.2. The van der Waals surface area contributed by atoms with Gasteiger partial charge in [-0.25, -0.2) is 8.42 Å². The van der Waals surface area contributed by atoms with E-state index in [9.17, 15) is 13.2 Å². The lowest BCUT2D eigenvalue weighted by atomic mass is 9.88. The first-order valence-corrected chi connectivity index (χ1v) is 8.44. The summed E-state index contributed by atoms with van der Waals surface area (Å²) in [5.41, 5.74) is -0.0970. The smallest absolute Gasteiger partial charge is 0.305 e. The van der Waals surface area contributed by atoms with Crippen LogP contribution in [0.1, 0.15) is 33.6 Å².